The molecule has 0 aromatic rings. The number of carbonyl (C=O) groups excluding carboxylic acids is 2. The lowest BCUT2D eigenvalue weighted by Crippen LogP contribution is -2.45. The number of nitrogens with one attached hydrogen (secondary N) is 2. The van der Waals surface area contributed by atoms with Gasteiger partial charge >= 0.3 is 12.2 Å². The number of amides is 3. The van der Waals surface area contributed by atoms with E-state index in [0.717, 1.165) is 19.3 Å². The van der Waals surface area contributed by atoms with Crippen LogP contribution in [0, 0.1) is 0 Å². The first-order chi connectivity index (χ1) is 10.3. The summed E-state index contributed by atoms with van der Waals surface area (Å²) in [7, 11) is 0. The van der Waals surface area contributed by atoms with Crippen LogP contribution >= 0.6 is 0 Å². The molecule has 3 amide bonds. The van der Waals surface area contributed by atoms with Gasteiger partial charge in [0, 0.05) is 26.1 Å². The maximum absolute atomic E-state index is 12.0. The molecule has 0 aliphatic carbocycles. The fourth-order valence-corrected chi connectivity index (χ4v) is 2.11. The zero-order valence-electron chi connectivity index (χ0n) is 12.3. The van der Waals surface area contributed by atoms with Crippen molar-refractivity contribution in [2.24, 2.45) is 0 Å². The lowest BCUT2D eigenvalue weighted by Gasteiger charge is -2.20. The SMILES string of the molecule is O=C(NCCCN1CCCCCC1=O)NC[C@@H](O)C(F)(F)F. The maximum Gasteiger partial charge on any atom is 0.416 e. The maximum atomic E-state index is 12.0. The molecule has 6 nitrogen and oxygen atoms in total. The highest BCUT2D eigenvalue weighted by Gasteiger charge is 2.38. The highest BCUT2D eigenvalue weighted by atomic mass is 19.4. The molecular weight excluding hydrogens is 303 g/mol. The van der Waals surface area contributed by atoms with Crippen LogP contribution in [0.3, 0.4) is 0 Å². The number of carbonyl (C=O) groups is 2. The minimum Gasteiger partial charge on any atom is -0.382 e. The Hall–Kier alpha value is -1.51. The second-order valence-corrected chi connectivity index (χ2v) is 5.24. The van der Waals surface area contributed by atoms with Crippen LogP contribution in [0.25, 0.3) is 0 Å². The van der Waals surface area contributed by atoms with Gasteiger partial charge in [0.05, 0.1) is 6.54 Å². The Morgan fingerprint density at radius 1 is 1.27 bits per heavy atom. The molecule has 1 saturated heterocycles. The molecule has 1 atom stereocenters. The Labute approximate surface area is 127 Å². The third-order valence-corrected chi connectivity index (χ3v) is 3.40. The fourth-order valence-electron chi connectivity index (χ4n) is 2.11. The second-order valence-electron chi connectivity index (χ2n) is 5.24. The van der Waals surface area contributed by atoms with Crippen molar-refractivity contribution in [3.8, 4) is 0 Å². The van der Waals surface area contributed by atoms with Crippen LogP contribution in [0.5, 0.6) is 0 Å². The molecule has 0 radical (unpaired) electrons. The van der Waals surface area contributed by atoms with E-state index in [4.69, 9.17) is 5.11 Å². The van der Waals surface area contributed by atoms with Crippen molar-refractivity contribution < 1.29 is 27.9 Å². The lowest BCUT2D eigenvalue weighted by molar-refractivity contribution is -0.201. The summed E-state index contributed by atoms with van der Waals surface area (Å²) in [6, 6.07) is -0.773. The van der Waals surface area contributed by atoms with Crippen LogP contribution in [0.1, 0.15) is 32.1 Å². The molecule has 0 saturated carbocycles. The van der Waals surface area contributed by atoms with Gasteiger partial charge in [-0.05, 0) is 19.3 Å². The van der Waals surface area contributed by atoms with Gasteiger partial charge in [0.1, 0.15) is 0 Å². The first-order valence-electron chi connectivity index (χ1n) is 7.35. The molecule has 3 N–H and O–H groups in total. The average Bonchev–Trinajstić information content (AvgIpc) is 2.64. The van der Waals surface area contributed by atoms with Crippen LogP contribution in [-0.4, -0.2) is 60.4 Å². The summed E-state index contributed by atoms with van der Waals surface area (Å²) in [5.41, 5.74) is 0. The van der Waals surface area contributed by atoms with E-state index in [1.165, 1.54) is 0 Å². The number of aliphatic hydroxyl groups excluding tert-OH is 1. The third kappa shape index (κ3) is 6.97. The normalized spacial score (nSPS) is 17.8. The summed E-state index contributed by atoms with van der Waals surface area (Å²) in [4.78, 5) is 24.7. The zero-order valence-corrected chi connectivity index (χ0v) is 12.3. The summed E-state index contributed by atoms with van der Waals surface area (Å²) in [5, 5.41) is 13.1. The number of halogens is 3. The molecule has 22 heavy (non-hydrogen) atoms. The fraction of sp³-hybridized carbons (Fsp3) is 0.846. The topological polar surface area (TPSA) is 81.7 Å². The van der Waals surface area contributed by atoms with Crippen molar-refractivity contribution in [3.05, 3.63) is 0 Å². The molecule has 0 aromatic carbocycles. The summed E-state index contributed by atoms with van der Waals surface area (Å²) in [6.45, 7) is 0.588. The third-order valence-electron chi connectivity index (χ3n) is 3.40. The summed E-state index contributed by atoms with van der Waals surface area (Å²) in [5.74, 6) is 0.107. The van der Waals surface area contributed by atoms with Gasteiger partial charge in [-0.25, -0.2) is 4.79 Å². The van der Waals surface area contributed by atoms with Crippen molar-refractivity contribution in [3.63, 3.8) is 0 Å². The Morgan fingerprint density at radius 2 is 2.00 bits per heavy atom. The van der Waals surface area contributed by atoms with Crippen molar-refractivity contribution in [2.75, 3.05) is 26.2 Å². The van der Waals surface area contributed by atoms with Crippen LogP contribution in [0.4, 0.5) is 18.0 Å². The molecule has 1 heterocycles. The van der Waals surface area contributed by atoms with Crippen LogP contribution in [-0.2, 0) is 4.79 Å². The molecule has 0 aromatic heterocycles. The van der Waals surface area contributed by atoms with Crippen molar-refractivity contribution in [1.29, 1.82) is 0 Å². The van der Waals surface area contributed by atoms with E-state index in [-0.39, 0.29) is 12.5 Å². The van der Waals surface area contributed by atoms with Crippen LogP contribution < -0.4 is 10.6 Å². The second kappa shape index (κ2) is 8.82. The van der Waals surface area contributed by atoms with Crippen molar-refractivity contribution in [1.82, 2.24) is 15.5 Å². The number of alkyl halides is 3. The molecule has 0 unspecified atom stereocenters. The van der Waals surface area contributed by atoms with Gasteiger partial charge in [-0.2, -0.15) is 13.2 Å². The molecule has 1 aliphatic rings. The summed E-state index contributed by atoms with van der Waals surface area (Å²) >= 11 is 0. The van der Waals surface area contributed by atoms with Crippen LogP contribution in [0.2, 0.25) is 0 Å². The number of aliphatic hydroxyl groups is 1. The minimum atomic E-state index is -4.75. The van der Waals surface area contributed by atoms with E-state index in [1.54, 1.807) is 4.90 Å². The highest BCUT2D eigenvalue weighted by Crippen LogP contribution is 2.19. The number of likely N-dealkylation sites (tertiary alicyclic amines) is 1. The van der Waals surface area contributed by atoms with E-state index in [2.05, 4.69) is 5.32 Å². The Morgan fingerprint density at radius 3 is 2.68 bits per heavy atom. The average molecular weight is 325 g/mol. The lowest BCUT2D eigenvalue weighted by atomic mass is 10.2. The highest BCUT2D eigenvalue weighted by molar-refractivity contribution is 5.76. The number of hydrogen-bond acceptors (Lipinski definition) is 3. The van der Waals surface area contributed by atoms with Gasteiger partial charge in [-0.1, -0.05) is 6.42 Å². The molecule has 128 valence electrons. The molecule has 1 aliphatic heterocycles. The molecule has 0 bridgehead atoms. The van der Waals surface area contributed by atoms with Gasteiger partial charge in [0.25, 0.3) is 0 Å². The van der Waals surface area contributed by atoms with Gasteiger partial charge in [0.15, 0.2) is 6.10 Å². The number of hydrogen-bond donors (Lipinski definition) is 3. The summed E-state index contributed by atoms with van der Waals surface area (Å²) < 4.78 is 36.1. The Bertz CT molecular complexity index is 377. The Balaban J connectivity index is 2.13. The minimum absolute atomic E-state index is 0.107. The molecule has 0 spiro atoms. The van der Waals surface area contributed by atoms with Gasteiger partial charge in [0.2, 0.25) is 5.91 Å². The number of rotatable bonds is 6. The summed E-state index contributed by atoms with van der Waals surface area (Å²) in [6.07, 6.45) is -3.35. The zero-order chi connectivity index (χ0) is 16.6. The van der Waals surface area contributed by atoms with Crippen LogP contribution in [0.15, 0.2) is 0 Å². The first kappa shape index (κ1) is 18.5. The largest absolute Gasteiger partial charge is 0.416 e. The van der Waals surface area contributed by atoms with E-state index >= 15 is 0 Å². The number of urea groups is 1. The van der Waals surface area contributed by atoms with E-state index < -0.39 is 24.9 Å². The Kier molecular flexibility index (Phi) is 7.43. The van der Waals surface area contributed by atoms with Gasteiger partial charge in [-0.15, -0.1) is 0 Å². The number of nitrogens with zero attached hydrogens (tertiary/aromatic N) is 1. The first-order valence-corrected chi connectivity index (χ1v) is 7.35. The standard InChI is InChI=1S/C13H22F3N3O3/c14-13(15,16)10(20)9-18-12(22)17-6-4-8-19-7-3-1-2-5-11(19)21/h10,20H,1-9H2,(H2,17,18,22)/t10-/m1/s1. The molecule has 1 rings (SSSR count). The van der Waals surface area contributed by atoms with Crippen molar-refractivity contribution >= 4 is 11.9 Å². The predicted molar refractivity (Wildman–Crippen MR) is 73.1 cm³/mol. The van der Waals surface area contributed by atoms with Gasteiger partial charge in [-0.3, -0.25) is 4.79 Å². The van der Waals surface area contributed by atoms with Crippen molar-refractivity contribution in [2.45, 2.75) is 44.4 Å². The van der Waals surface area contributed by atoms with E-state index in [0.29, 0.717) is 25.9 Å². The van der Waals surface area contributed by atoms with Gasteiger partial charge < -0.3 is 20.6 Å². The monoisotopic (exact) mass is 325 g/mol. The quantitative estimate of drug-likeness (QED) is 0.637. The molecular formula is C13H22F3N3O3. The van der Waals surface area contributed by atoms with E-state index in [1.807, 2.05) is 5.32 Å². The molecule has 1 fully saturated rings. The smallest absolute Gasteiger partial charge is 0.382 e. The molecule has 9 heteroatoms. The predicted octanol–water partition coefficient (Wildman–Crippen LogP) is 1.00. The van der Waals surface area contributed by atoms with E-state index in [9.17, 15) is 22.8 Å².